The van der Waals surface area contributed by atoms with Gasteiger partial charge >= 0.3 is 5.97 Å². The van der Waals surface area contributed by atoms with E-state index in [0.29, 0.717) is 18.0 Å². The lowest BCUT2D eigenvalue weighted by molar-refractivity contribution is -0.139. The number of nitrogens with two attached hydrogens (primary N) is 1. The van der Waals surface area contributed by atoms with E-state index in [-0.39, 0.29) is 35.6 Å². The second-order valence-electron chi connectivity index (χ2n) is 8.02. The third-order valence-corrected chi connectivity index (χ3v) is 6.57. The summed E-state index contributed by atoms with van der Waals surface area (Å²) in [6.45, 7) is 0.638. The first-order valence-corrected chi connectivity index (χ1v) is 12.1. The number of hydrogen-bond donors (Lipinski definition) is 5. The van der Waals surface area contributed by atoms with Crippen molar-refractivity contribution in [1.82, 2.24) is 10.6 Å². The molecule has 0 fully saturated rings. The van der Waals surface area contributed by atoms with E-state index in [9.17, 15) is 19.5 Å². The average Bonchev–Trinajstić information content (AvgIpc) is 3.22. The number of aliphatic carboxylic acids is 1. The van der Waals surface area contributed by atoms with Crippen LogP contribution in [0.1, 0.15) is 23.2 Å². The molecular weight excluding hydrogens is 456 g/mol. The molecule has 34 heavy (non-hydrogen) atoms. The van der Waals surface area contributed by atoms with Gasteiger partial charge in [-0.25, -0.2) is 4.79 Å². The number of carboxylic acids is 1. The number of nitrogens with one attached hydrogen (secondary N) is 3. The molecule has 0 aromatic heterocycles. The Hall–Kier alpha value is -3.24. The lowest BCUT2D eigenvalue weighted by Crippen LogP contribution is -2.41. The molecule has 1 aliphatic carbocycles. The minimum atomic E-state index is -1.12. The van der Waals surface area contributed by atoms with Crippen molar-refractivity contribution in [2.75, 3.05) is 36.3 Å². The Morgan fingerprint density at radius 3 is 2.82 bits per heavy atom. The van der Waals surface area contributed by atoms with Crippen LogP contribution in [0.5, 0.6) is 0 Å². The number of carboxylic acid groups (broad SMARTS) is 1. The van der Waals surface area contributed by atoms with Crippen LogP contribution in [0.3, 0.4) is 0 Å². The van der Waals surface area contributed by atoms with Crippen LogP contribution in [0, 0.1) is 5.92 Å². The van der Waals surface area contributed by atoms with Gasteiger partial charge in [0.2, 0.25) is 5.91 Å². The number of nitrogen functional groups attached to an aromatic ring is 1. The summed E-state index contributed by atoms with van der Waals surface area (Å²) in [4.78, 5) is 36.9. The van der Waals surface area contributed by atoms with E-state index in [4.69, 9.17) is 10.5 Å². The molecule has 6 N–H and O–H groups in total. The van der Waals surface area contributed by atoms with E-state index in [1.165, 1.54) is 30.0 Å². The topological polar surface area (TPSA) is 143 Å². The smallest absolute Gasteiger partial charge is 0.326 e. The molecule has 0 spiro atoms. The van der Waals surface area contributed by atoms with E-state index in [1.807, 2.05) is 30.5 Å². The van der Waals surface area contributed by atoms with Gasteiger partial charge in [-0.05, 0) is 42.1 Å². The minimum Gasteiger partial charge on any atom is -0.480 e. The van der Waals surface area contributed by atoms with E-state index < -0.39 is 17.9 Å². The highest BCUT2D eigenvalue weighted by Gasteiger charge is 2.31. The predicted octanol–water partition coefficient (Wildman–Crippen LogP) is 2.15. The maximum atomic E-state index is 12.8. The second-order valence-corrected chi connectivity index (χ2v) is 9.13. The van der Waals surface area contributed by atoms with Gasteiger partial charge in [-0.3, -0.25) is 9.59 Å². The van der Waals surface area contributed by atoms with Gasteiger partial charge in [0.05, 0.1) is 23.2 Å². The van der Waals surface area contributed by atoms with Crippen LogP contribution in [-0.2, 0) is 14.3 Å². The highest BCUT2D eigenvalue weighted by Crippen LogP contribution is 2.29. The molecule has 0 saturated carbocycles. The van der Waals surface area contributed by atoms with Crippen molar-refractivity contribution in [3.05, 3.63) is 59.8 Å². The quantitative estimate of drug-likeness (QED) is 0.223. The maximum absolute atomic E-state index is 12.8. The van der Waals surface area contributed by atoms with E-state index in [1.54, 1.807) is 7.11 Å². The zero-order valence-corrected chi connectivity index (χ0v) is 19.8. The molecule has 1 heterocycles. The average molecular weight is 487 g/mol. The number of carbonyl (C=O) groups excluding carboxylic acids is 2. The van der Waals surface area contributed by atoms with Crippen molar-refractivity contribution in [3.8, 4) is 0 Å². The third-order valence-electron chi connectivity index (χ3n) is 5.53. The van der Waals surface area contributed by atoms with Crippen LogP contribution in [0.2, 0.25) is 0 Å². The lowest BCUT2D eigenvalue weighted by atomic mass is 9.88. The molecule has 10 heteroatoms. The van der Waals surface area contributed by atoms with Gasteiger partial charge in [-0.1, -0.05) is 24.3 Å². The largest absolute Gasteiger partial charge is 0.480 e. The van der Waals surface area contributed by atoms with Crippen LogP contribution in [0.25, 0.3) is 0 Å². The molecular formula is C24H30N4O5S. The molecule has 3 rings (SSSR count). The number of benzene rings is 1. The molecule has 1 aromatic rings. The summed E-state index contributed by atoms with van der Waals surface area (Å²) >= 11 is 1.47. The zero-order valence-electron chi connectivity index (χ0n) is 19.0. The molecule has 0 saturated heterocycles. The summed E-state index contributed by atoms with van der Waals surface area (Å²) in [5.74, 6) is -0.818. The molecule has 0 radical (unpaired) electrons. The lowest BCUT2D eigenvalue weighted by Gasteiger charge is -2.21. The van der Waals surface area contributed by atoms with Gasteiger partial charge in [0.15, 0.2) is 0 Å². The first kappa shape index (κ1) is 25.4. The number of methoxy groups -OCH3 is 1. The van der Waals surface area contributed by atoms with Crippen LogP contribution in [0.15, 0.2) is 54.3 Å². The fourth-order valence-electron chi connectivity index (χ4n) is 3.75. The van der Waals surface area contributed by atoms with E-state index in [0.717, 1.165) is 17.7 Å². The van der Waals surface area contributed by atoms with Crippen LogP contribution >= 0.6 is 11.8 Å². The number of carbonyl (C=O) groups is 3. The maximum Gasteiger partial charge on any atom is 0.326 e. The number of ether oxygens (including phenoxy) is 1. The Labute approximate surface area is 202 Å². The Morgan fingerprint density at radius 1 is 1.26 bits per heavy atom. The fourth-order valence-corrected chi connectivity index (χ4v) is 4.48. The third kappa shape index (κ3) is 6.88. The molecule has 1 aliphatic heterocycles. The monoisotopic (exact) mass is 486 g/mol. The summed E-state index contributed by atoms with van der Waals surface area (Å²) in [7, 11) is 1.63. The number of hydrogen-bond acceptors (Lipinski definition) is 7. The van der Waals surface area contributed by atoms with Crippen molar-refractivity contribution in [1.29, 1.82) is 0 Å². The Morgan fingerprint density at radius 2 is 2.06 bits per heavy atom. The molecule has 2 amide bonds. The van der Waals surface area contributed by atoms with Crippen molar-refractivity contribution in [2.24, 2.45) is 5.92 Å². The molecule has 0 bridgehead atoms. The Kier molecular flexibility index (Phi) is 9.17. The summed E-state index contributed by atoms with van der Waals surface area (Å²) in [6.07, 6.45) is 10.7. The van der Waals surface area contributed by atoms with Gasteiger partial charge in [-0.2, -0.15) is 11.8 Å². The van der Waals surface area contributed by atoms with Crippen LogP contribution in [0.4, 0.5) is 11.4 Å². The molecule has 3 atom stereocenters. The highest BCUT2D eigenvalue weighted by atomic mass is 32.2. The first-order valence-electron chi connectivity index (χ1n) is 11.0. The number of rotatable bonds is 12. The van der Waals surface area contributed by atoms with Gasteiger partial charge in [0.25, 0.3) is 5.91 Å². The number of anilines is 2. The number of fused-ring (bicyclic) bond motifs is 1. The minimum absolute atomic E-state index is 0.0643. The van der Waals surface area contributed by atoms with Gasteiger partial charge in [0.1, 0.15) is 6.04 Å². The van der Waals surface area contributed by atoms with Crippen LogP contribution < -0.4 is 21.7 Å². The Balaban J connectivity index is 1.59. The van der Waals surface area contributed by atoms with E-state index in [2.05, 4.69) is 16.0 Å². The fraction of sp³-hybridized carbons (Fsp3) is 0.375. The molecule has 3 unspecified atom stereocenters. The van der Waals surface area contributed by atoms with Crippen molar-refractivity contribution in [3.63, 3.8) is 0 Å². The van der Waals surface area contributed by atoms with Gasteiger partial charge < -0.3 is 31.5 Å². The molecule has 182 valence electrons. The highest BCUT2D eigenvalue weighted by molar-refractivity contribution is 7.99. The summed E-state index contributed by atoms with van der Waals surface area (Å²) in [6, 6.07) is 3.47. The number of thioether (sulfide) groups is 1. The number of allylic oxidation sites excluding steroid dienone is 2. The summed E-state index contributed by atoms with van der Waals surface area (Å²) in [5.41, 5.74) is 7.71. The standard InChI is InChI=1S/C24H30N4O5S/c1-33-9-4-10-34-14-22(29)27-20-11-15(7-8-18(20)25)23(30)28-21(24(31)32)12-16-13-26-19-6-3-2-5-17(16)19/h2-3,5-8,11,13,17,19,21,26H,4,9-10,12,14,25H2,1H3,(H,27,29)(H,28,30)(H,31,32). The van der Waals surface area contributed by atoms with Crippen LogP contribution in [-0.4, -0.2) is 60.2 Å². The SMILES string of the molecule is COCCCSCC(=O)Nc1cc(C(=O)NC(CC2=CNC3C=CC=CC23)C(=O)O)ccc1N. The normalized spacial score (nSPS) is 19.0. The van der Waals surface area contributed by atoms with E-state index >= 15 is 0 Å². The zero-order chi connectivity index (χ0) is 24.5. The van der Waals surface area contributed by atoms with Crippen molar-refractivity contribution in [2.45, 2.75) is 24.9 Å². The Bertz CT molecular complexity index is 1010. The first-order chi connectivity index (χ1) is 16.4. The van der Waals surface area contributed by atoms with Crippen molar-refractivity contribution < 1.29 is 24.2 Å². The predicted molar refractivity (Wildman–Crippen MR) is 134 cm³/mol. The number of amides is 2. The summed E-state index contributed by atoms with van der Waals surface area (Å²) < 4.78 is 4.98. The molecule has 9 nitrogen and oxygen atoms in total. The van der Waals surface area contributed by atoms with Crippen molar-refractivity contribution >= 4 is 40.9 Å². The molecule has 1 aromatic carbocycles. The second kappa shape index (κ2) is 12.3. The summed E-state index contributed by atoms with van der Waals surface area (Å²) in [5, 5.41) is 18.2. The van der Waals surface area contributed by atoms with Gasteiger partial charge in [-0.15, -0.1) is 0 Å². The van der Waals surface area contributed by atoms with Gasteiger partial charge in [0, 0.05) is 31.6 Å². The molecule has 2 aliphatic rings.